The lowest BCUT2D eigenvalue weighted by molar-refractivity contribution is -0.119. The van der Waals surface area contributed by atoms with Gasteiger partial charge in [-0.2, -0.15) is 5.10 Å². The van der Waals surface area contributed by atoms with Gasteiger partial charge in [0.05, 0.1) is 16.4 Å². The van der Waals surface area contributed by atoms with Crippen molar-refractivity contribution < 1.29 is 4.79 Å². The predicted molar refractivity (Wildman–Crippen MR) is 76.5 cm³/mol. The van der Waals surface area contributed by atoms with Gasteiger partial charge in [0.15, 0.2) is 0 Å². The topological polar surface area (TPSA) is 46.9 Å². The summed E-state index contributed by atoms with van der Waals surface area (Å²) < 4.78 is 1.75. The van der Waals surface area contributed by atoms with Gasteiger partial charge in [0.1, 0.15) is 5.78 Å². The van der Waals surface area contributed by atoms with E-state index in [0.29, 0.717) is 23.8 Å². The van der Waals surface area contributed by atoms with E-state index in [-0.39, 0.29) is 5.78 Å². The number of nitrogens with zero attached hydrogens (tertiary/aromatic N) is 2. The summed E-state index contributed by atoms with van der Waals surface area (Å²) in [5, 5.41) is 8.36. The molecule has 0 spiro atoms. The molecule has 19 heavy (non-hydrogen) atoms. The van der Waals surface area contributed by atoms with Crippen molar-refractivity contribution in [3.63, 3.8) is 0 Å². The summed E-state index contributed by atoms with van der Waals surface area (Å²) >= 11 is 6.27. The van der Waals surface area contributed by atoms with Crippen LogP contribution in [-0.4, -0.2) is 28.7 Å². The Labute approximate surface area is 119 Å². The van der Waals surface area contributed by atoms with Crippen LogP contribution in [0.25, 0.3) is 0 Å². The molecule has 0 aliphatic carbocycles. The van der Waals surface area contributed by atoms with E-state index in [1.807, 2.05) is 14.0 Å². The van der Waals surface area contributed by atoms with Crippen LogP contribution in [0.5, 0.6) is 0 Å². The van der Waals surface area contributed by atoms with Crippen molar-refractivity contribution in [2.24, 2.45) is 13.0 Å². The van der Waals surface area contributed by atoms with E-state index in [1.54, 1.807) is 4.68 Å². The minimum absolute atomic E-state index is 0.265. The van der Waals surface area contributed by atoms with Crippen LogP contribution >= 0.6 is 11.6 Å². The molecular weight excluding hydrogens is 262 g/mol. The van der Waals surface area contributed by atoms with Crippen LogP contribution in [0.3, 0.4) is 0 Å². The normalized spacial score (nSPS) is 19.6. The number of aromatic nitrogens is 2. The lowest BCUT2D eigenvalue weighted by atomic mass is 9.93. The number of carbonyl (C=O) groups is 1. The van der Waals surface area contributed by atoms with Gasteiger partial charge >= 0.3 is 0 Å². The lowest BCUT2D eigenvalue weighted by Crippen LogP contribution is -2.31. The number of hydrogen-bond donors (Lipinski definition) is 1. The molecule has 1 aliphatic heterocycles. The third-order valence-electron chi connectivity index (χ3n) is 3.78. The number of halogens is 1. The molecule has 1 unspecified atom stereocenters. The average molecular weight is 284 g/mol. The van der Waals surface area contributed by atoms with E-state index in [0.717, 1.165) is 37.3 Å². The predicted octanol–water partition coefficient (Wildman–Crippen LogP) is 2.14. The molecule has 2 rings (SSSR count). The molecule has 1 atom stereocenters. The Bertz CT molecular complexity index is 450. The number of carbonyl (C=O) groups excluding carboxylic acids is 1. The smallest absolute Gasteiger partial charge is 0.139 e. The van der Waals surface area contributed by atoms with Crippen molar-refractivity contribution in [3.8, 4) is 0 Å². The van der Waals surface area contributed by atoms with E-state index < -0.39 is 0 Å². The fourth-order valence-corrected chi connectivity index (χ4v) is 3.05. The first kappa shape index (κ1) is 14.5. The zero-order valence-corrected chi connectivity index (χ0v) is 12.5. The number of ketones is 1. The van der Waals surface area contributed by atoms with Gasteiger partial charge in [-0.3, -0.25) is 9.48 Å². The van der Waals surface area contributed by atoms with Gasteiger partial charge < -0.3 is 5.32 Å². The summed E-state index contributed by atoms with van der Waals surface area (Å²) in [6.45, 7) is 4.07. The molecule has 0 bridgehead atoms. The van der Waals surface area contributed by atoms with Crippen LogP contribution in [0.2, 0.25) is 5.02 Å². The summed E-state index contributed by atoms with van der Waals surface area (Å²) in [7, 11) is 1.86. The fourth-order valence-electron chi connectivity index (χ4n) is 2.69. The summed E-state index contributed by atoms with van der Waals surface area (Å²) in [5.41, 5.74) is 1.73. The van der Waals surface area contributed by atoms with E-state index in [2.05, 4.69) is 10.4 Å². The highest BCUT2D eigenvalue weighted by molar-refractivity contribution is 6.32. The Morgan fingerprint density at radius 3 is 2.95 bits per heavy atom. The standard InChI is InChI=1S/C14H22ClN3O/c1-3-12-14(15)13(18(2)17-12)8-11(19)7-10-5-4-6-16-9-10/h10,16H,3-9H2,1-2H3. The largest absolute Gasteiger partial charge is 0.316 e. The third-order valence-corrected chi connectivity index (χ3v) is 4.22. The zero-order chi connectivity index (χ0) is 13.8. The van der Waals surface area contributed by atoms with Gasteiger partial charge in [-0.1, -0.05) is 18.5 Å². The minimum atomic E-state index is 0.265. The lowest BCUT2D eigenvalue weighted by Gasteiger charge is -2.21. The summed E-state index contributed by atoms with van der Waals surface area (Å²) in [4.78, 5) is 12.2. The molecular formula is C14H22ClN3O. The second-order valence-corrected chi connectivity index (χ2v) is 5.69. The number of Topliss-reactive ketones (excluding diaryl/α,β-unsaturated/α-hetero) is 1. The van der Waals surface area contributed by atoms with Gasteiger partial charge in [0, 0.05) is 19.9 Å². The average Bonchev–Trinajstić information content (AvgIpc) is 2.67. The molecule has 5 heteroatoms. The maximum atomic E-state index is 12.2. The summed E-state index contributed by atoms with van der Waals surface area (Å²) in [6.07, 6.45) is 4.17. The molecule has 1 N–H and O–H groups in total. The van der Waals surface area contributed by atoms with E-state index >= 15 is 0 Å². The van der Waals surface area contributed by atoms with Gasteiger partial charge in [-0.15, -0.1) is 0 Å². The molecule has 4 nitrogen and oxygen atoms in total. The molecule has 1 saturated heterocycles. The first-order valence-electron chi connectivity index (χ1n) is 7.04. The number of hydrogen-bond acceptors (Lipinski definition) is 3. The Morgan fingerprint density at radius 1 is 1.58 bits per heavy atom. The van der Waals surface area contributed by atoms with Crippen LogP contribution in [0, 0.1) is 5.92 Å². The highest BCUT2D eigenvalue weighted by atomic mass is 35.5. The van der Waals surface area contributed by atoms with Gasteiger partial charge in [0.2, 0.25) is 0 Å². The molecule has 0 aromatic carbocycles. The van der Waals surface area contributed by atoms with Gasteiger partial charge in [0.25, 0.3) is 0 Å². The first-order chi connectivity index (χ1) is 9.11. The quantitative estimate of drug-likeness (QED) is 0.901. The van der Waals surface area contributed by atoms with Crippen molar-refractivity contribution in [1.82, 2.24) is 15.1 Å². The summed E-state index contributed by atoms with van der Waals surface area (Å²) in [6, 6.07) is 0. The van der Waals surface area contributed by atoms with E-state index in [9.17, 15) is 4.79 Å². The maximum Gasteiger partial charge on any atom is 0.139 e. The molecule has 1 aliphatic rings. The van der Waals surface area contributed by atoms with Crippen molar-refractivity contribution in [2.75, 3.05) is 13.1 Å². The molecule has 106 valence electrons. The third kappa shape index (κ3) is 3.57. The molecule has 0 saturated carbocycles. The summed E-state index contributed by atoms with van der Waals surface area (Å²) in [5.74, 6) is 0.750. The second-order valence-electron chi connectivity index (χ2n) is 5.32. The molecule has 2 heterocycles. The monoisotopic (exact) mass is 283 g/mol. The highest BCUT2D eigenvalue weighted by Crippen LogP contribution is 2.23. The SMILES string of the molecule is CCc1nn(C)c(CC(=O)CC2CCCNC2)c1Cl. The molecule has 1 aromatic heterocycles. The molecule has 0 radical (unpaired) electrons. The van der Waals surface area contributed by atoms with Crippen LogP contribution in [0.1, 0.15) is 37.6 Å². The Hall–Kier alpha value is -0.870. The van der Waals surface area contributed by atoms with Crippen LogP contribution in [0.4, 0.5) is 0 Å². The highest BCUT2D eigenvalue weighted by Gasteiger charge is 2.20. The van der Waals surface area contributed by atoms with Crippen LogP contribution < -0.4 is 5.32 Å². The number of aryl methyl sites for hydroxylation is 2. The first-order valence-corrected chi connectivity index (χ1v) is 7.42. The van der Waals surface area contributed by atoms with Gasteiger partial charge in [-0.25, -0.2) is 0 Å². The van der Waals surface area contributed by atoms with Crippen molar-refractivity contribution in [1.29, 1.82) is 0 Å². The van der Waals surface area contributed by atoms with Crippen molar-refractivity contribution in [3.05, 3.63) is 16.4 Å². The Balaban J connectivity index is 1.96. The fraction of sp³-hybridized carbons (Fsp3) is 0.714. The Morgan fingerprint density at radius 2 is 2.37 bits per heavy atom. The zero-order valence-electron chi connectivity index (χ0n) is 11.7. The number of rotatable bonds is 5. The second kappa shape index (κ2) is 6.53. The van der Waals surface area contributed by atoms with Crippen LogP contribution in [-0.2, 0) is 24.7 Å². The Kier molecular flexibility index (Phi) is 4.99. The van der Waals surface area contributed by atoms with Crippen LogP contribution in [0.15, 0.2) is 0 Å². The number of nitrogens with one attached hydrogen (secondary N) is 1. The maximum absolute atomic E-state index is 12.2. The molecule has 1 aromatic rings. The van der Waals surface area contributed by atoms with E-state index in [4.69, 9.17) is 11.6 Å². The molecule has 1 fully saturated rings. The molecule has 0 amide bonds. The minimum Gasteiger partial charge on any atom is -0.316 e. The van der Waals surface area contributed by atoms with E-state index in [1.165, 1.54) is 6.42 Å². The van der Waals surface area contributed by atoms with Crippen molar-refractivity contribution in [2.45, 2.75) is 39.0 Å². The van der Waals surface area contributed by atoms with Crippen molar-refractivity contribution >= 4 is 17.4 Å². The number of piperidine rings is 1. The van der Waals surface area contributed by atoms with Gasteiger partial charge in [-0.05, 0) is 38.3 Å².